The standard InChI is InChI=1S/C24H30N8O/c1-24(26-2)4-8-31(9-5-24)22-16-27-21(15-28-22)20-12-19(33-11-10-30-6-3-7-30)17-32-23(20)18(13-25)14-29-32/h12,14-17,26H,3-11H2,1-2H3. The minimum atomic E-state index is 0.182. The number of anilines is 1. The van der Waals surface area contributed by atoms with E-state index in [1.165, 1.54) is 6.42 Å². The molecule has 0 saturated carbocycles. The maximum absolute atomic E-state index is 9.59. The van der Waals surface area contributed by atoms with Crippen molar-refractivity contribution in [1.82, 2.24) is 29.8 Å². The summed E-state index contributed by atoms with van der Waals surface area (Å²) in [5, 5.41) is 17.4. The SMILES string of the molecule is CNC1(C)CCN(c2cnc(-c3cc(OCCN4CCC4)cn4ncc(C#N)c34)cn2)CC1. The summed E-state index contributed by atoms with van der Waals surface area (Å²) in [5.41, 5.74) is 2.90. The third-order valence-corrected chi connectivity index (χ3v) is 7.04. The number of nitriles is 1. The summed E-state index contributed by atoms with van der Waals surface area (Å²) in [7, 11) is 2.03. The van der Waals surface area contributed by atoms with Crippen molar-refractivity contribution in [2.24, 2.45) is 0 Å². The van der Waals surface area contributed by atoms with Gasteiger partial charge >= 0.3 is 0 Å². The van der Waals surface area contributed by atoms with Crippen LogP contribution in [-0.4, -0.2) is 76.4 Å². The van der Waals surface area contributed by atoms with Gasteiger partial charge in [0.2, 0.25) is 0 Å². The molecule has 0 bridgehead atoms. The van der Waals surface area contributed by atoms with Crippen LogP contribution in [0.3, 0.4) is 0 Å². The molecule has 3 aromatic rings. The van der Waals surface area contributed by atoms with Gasteiger partial charge in [-0.1, -0.05) is 0 Å². The fourth-order valence-electron chi connectivity index (χ4n) is 4.45. The van der Waals surface area contributed by atoms with Crippen LogP contribution in [0, 0.1) is 11.3 Å². The molecule has 2 fully saturated rings. The molecule has 0 amide bonds. The van der Waals surface area contributed by atoms with Crippen molar-refractivity contribution in [1.29, 1.82) is 5.26 Å². The quantitative estimate of drug-likeness (QED) is 0.591. The zero-order valence-corrected chi connectivity index (χ0v) is 19.3. The second-order valence-corrected chi connectivity index (χ2v) is 9.15. The van der Waals surface area contributed by atoms with E-state index in [0.717, 1.165) is 62.5 Å². The Morgan fingerprint density at radius 2 is 1.97 bits per heavy atom. The van der Waals surface area contributed by atoms with E-state index in [-0.39, 0.29) is 5.54 Å². The topological polar surface area (TPSA) is 94.6 Å². The highest BCUT2D eigenvalue weighted by atomic mass is 16.5. The van der Waals surface area contributed by atoms with Gasteiger partial charge in [-0.2, -0.15) is 10.4 Å². The third-order valence-electron chi connectivity index (χ3n) is 7.04. The number of nitrogens with zero attached hydrogens (tertiary/aromatic N) is 7. The van der Waals surface area contributed by atoms with Crippen LogP contribution in [0.15, 0.2) is 30.9 Å². The molecule has 2 saturated heterocycles. The van der Waals surface area contributed by atoms with Crippen molar-refractivity contribution in [3.63, 3.8) is 0 Å². The second kappa shape index (κ2) is 8.96. The van der Waals surface area contributed by atoms with E-state index in [9.17, 15) is 5.26 Å². The molecule has 0 aromatic carbocycles. The van der Waals surface area contributed by atoms with E-state index in [1.807, 2.05) is 25.5 Å². The number of pyridine rings is 1. The lowest BCUT2D eigenvalue weighted by atomic mass is 9.90. The van der Waals surface area contributed by atoms with Crippen LogP contribution >= 0.6 is 0 Å². The molecular weight excluding hydrogens is 416 g/mol. The van der Waals surface area contributed by atoms with Crippen LogP contribution in [-0.2, 0) is 0 Å². The smallest absolute Gasteiger partial charge is 0.147 e. The molecule has 9 nitrogen and oxygen atoms in total. The fourth-order valence-corrected chi connectivity index (χ4v) is 4.45. The number of fused-ring (bicyclic) bond motifs is 1. The highest BCUT2D eigenvalue weighted by Gasteiger charge is 2.29. The lowest BCUT2D eigenvalue weighted by Gasteiger charge is -2.39. The maximum atomic E-state index is 9.59. The first kappa shape index (κ1) is 21.6. The molecule has 5 heterocycles. The first-order valence-corrected chi connectivity index (χ1v) is 11.6. The maximum Gasteiger partial charge on any atom is 0.147 e. The summed E-state index contributed by atoms with van der Waals surface area (Å²) < 4.78 is 7.73. The first-order chi connectivity index (χ1) is 16.1. The van der Waals surface area contributed by atoms with E-state index in [4.69, 9.17) is 14.7 Å². The molecule has 0 radical (unpaired) electrons. The minimum absolute atomic E-state index is 0.182. The van der Waals surface area contributed by atoms with Gasteiger partial charge in [-0.25, -0.2) is 9.50 Å². The molecule has 33 heavy (non-hydrogen) atoms. The van der Waals surface area contributed by atoms with Crippen molar-refractivity contribution < 1.29 is 4.74 Å². The van der Waals surface area contributed by atoms with Crippen LogP contribution in [0.25, 0.3) is 16.8 Å². The van der Waals surface area contributed by atoms with Crippen molar-refractivity contribution in [3.8, 4) is 23.1 Å². The zero-order chi connectivity index (χ0) is 22.8. The third kappa shape index (κ3) is 4.36. The molecular formula is C24H30N8O. The summed E-state index contributed by atoms with van der Waals surface area (Å²) in [5.74, 6) is 1.59. The second-order valence-electron chi connectivity index (χ2n) is 9.15. The monoisotopic (exact) mass is 446 g/mol. The first-order valence-electron chi connectivity index (χ1n) is 11.6. The van der Waals surface area contributed by atoms with Gasteiger partial charge in [-0.3, -0.25) is 9.88 Å². The van der Waals surface area contributed by atoms with Gasteiger partial charge < -0.3 is 15.0 Å². The minimum Gasteiger partial charge on any atom is -0.491 e. The Labute approximate surface area is 194 Å². The largest absolute Gasteiger partial charge is 0.491 e. The molecule has 172 valence electrons. The predicted octanol–water partition coefficient (Wildman–Crippen LogP) is 2.33. The summed E-state index contributed by atoms with van der Waals surface area (Å²) in [4.78, 5) is 14.1. The molecule has 3 aromatic heterocycles. The van der Waals surface area contributed by atoms with Gasteiger partial charge in [-0.05, 0) is 52.4 Å². The van der Waals surface area contributed by atoms with Crippen LogP contribution < -0.4 is 15.0 Å². The van der Waals surface area contributed by atoms with Crippen LogP contribution in [0.4, 0.5) is 5.82 Å². The summed E-state index contributed by atoms with van der Waals surface area (Å²) >= 11 is 0. The molecule has 2 aliphatic heterocycles. The van der Waals surface area contributed by atoms with Gasteiger partial charge in [0.15, 0.2) is 0 Å². The lowest BCUT2D eigenvalue weighted by molar-refractivity contribution is 0.147. The zero-order valence-electron chi connectivity index (χ0n) is 19.3. The van der Waals surface area contributed by atoms with Crippen molar-refractivity contribution >= 4 is 11.3 Å². The average molecular weight is 447 g/mol. The lowest BCUT2D eigenvalue weighted by Crippen LogP contribution is -2.50. The number of nitrogens with one attached hydrogen (secondary N) is 1. The van der Waals surface area contributed by atoms with Crippen molar-refractivity contribution in [2.75, 3.05) is 51.3 Å². The highest BCUT2D eigenvalue weighted by Crippen LogP contribution is 2.31. The number of ether oxygens (including phenoxy) is 1. The van der Waals surface area contributed by atoms with Crippen molar-refractivity contribution in [2.45, 2.75) is 31.7 Å². The Bertz CT molecular complexity index is 1150. The molecule has 0 atom stereocenters. The average Bonchev–Trinajstić information content (AvgIpc) is 3.24. The van der Waals surface area contributed by atoms with Crippen LogP contribution in [0.2, 0.25) is 0 Å². The molecule has 5 rings (SSSR count). The van der Waals surface area contributed by atoms with E-state index < -0.39 is 0 Å². The van der Waals surface area contributed by atoms with E-state index in [2.05, 4.69) is 33.2 Å². The number of piperidine rings is 1. The Kier molecular flexibility index (Phi) is 5.87. The van der Waals surface area contributed by atoms with Crippen LogP contribution in [0.5, 0.6) is 5.75 Å². The Morgan fingerprint density at radius 3 is 2.61 bits per heavy atom. The number of rotatable bonds is 7. The number of likely N-dealkylation sites (tertiary alicyclic amines) is 1. The van der Waals surface area contributed by atoms with Crippen molar-refractivity contribution in [3.05, 3.63) is 36.4 Å². The number of hydrogen-bond acceptors (Lipinski definition) is 8. The summed E-state index contributed by atoms with van der Waals surface area (Å²) in [6, 6.07) is 4.18. The number of aromatic nitrogens is 4. The Hall–Kier alpha value is -3.22. The van der Waals surface area contributed by atoms with Gasteiger partial charge in [0.05, 0.1) is 41.6 Å². The van der Waals surface area contributed by atoms with Gasteiger partial charge in [0.1, 0.15) is 24.2 Å². The molecule has 1 N–H and O–H groups in total. The molecule has 0 aliphatic carbocycles. The molecule has 9 heteroatoms. The normalized spacial score (nSPS) is 18.2. The summed E-state index contributed by atoms with van der Waals surface area (Å²) in [6.07, 6.45) is 10.4. The summed E-state index contributed by atoms with van der Waals surface area (Å²) in [6.45, 7) is 7.96. The van der Waals surface area contributed by atoms with E-state index in [1.54, 1.807) is 16.9 Å². The Morgan fingerprint density at radius 1 is 1.15 bits per heavy atom. The van der Waals surface area contributed by atoms with E-state index >= 15 is 0 Å². The predicted molar refractivity (Wildman–Crippen MR) is 126 cm³/mol. The Balaban J connectivity index is 1.39. The number of hydrogen-bond donors (Lipinski definition) is 1. The molecule has 0 spiro atoms. The van der Waals surface area contributed by atoms with Crippen LogP contribution in [0.1, 0.15) is 31.7 Å². The van der Waals surface area contributed by atoms with E-state index in [0.29, 0.717) is 23.6 Å². The van der Waals surface area contributed by atoms with Gasteiger partial charge in [0, 0.05) is 30.7 Å². The van der Waals surface area contributed by atoms with Gasteiger partial charge in [-0.15, -0.1) is 0 Å². The van der Waals surface area contributed by atoms with Gasteiger partial charge in [0.25, 0.3) is 0 Å². The molecule has 0 unspecified atom stereocenters. The molecule has 2 aliphatic rings. The highest BCUT2D eigenvalue weighted by molar-refractivity contribution is 5.83. The fraction of sp³-hybridized carbons (Fsp3) is 0.500.